The maximum Gasteiger partial charge on any atom is 0.316 e. The Morgan fingerprint density at radius 3 is 2.56 bits per heavy atom. The van der Waals surface area contributed by atoms with E-state index in [4.69, 9.17) is 27.9 Å². The highest BCUT2D eigenvalue weighted by Crippen LogP contribution is 2.42. The molecule has 0 unspecified atom stereocenters. The number of carbonyl (C=O) groups is 3. The summed E-state index contributed by atoms with van der Waals surface area (Å²) in [7, 11) is 1.27. The van der Waals surface area contributed by atoms with E-state index in [0.29, 0.717) is 27.7 Å². The first-order valence-corrected chi connectivity index (χ1v) is 8.69. The number of ether oxygens (including phenoxy) is 1. The minimum absolute atomic E-state index is 0.116. The van der Waals surface area contributed by atoms with E-state index in [0.717, 1.165) is 5.56 Å². The highest BCUT2D eigenvalue weighted by atomic mass is 35.5. The highest BCUT2D eigenvalue weighted by Gasteiger charge is 2.45. The molecule has 7 heteroatoms. The SMILES string of the molecule is COC(=O)[C@H]1C(=O)C2=C(C[C@H]1C)NC(=O)C[C@H]2c1ccc(Cl)c(Cl)c1. The topological polar surface area (TPSA) is 72.5 Å². The van der Waals surface area contributed by atoms with Crippen LogP contribution in [0.4, 0.5) is 0 Å². The van der Waals surface area contributed by atoms with Crippen LogP contribution >= 0.6 is 23.2 Å². The fraction of sp³-hybridized carbons (Fsp3) is 0.389. The maximum absolute atomic E-state index is 13.0. The number of nitrogens with one attached hydrogen (secondary N) is 1. The molecule has 1 N–H and O–H groups in total. The largest absolute Gasteiger partial charge is 0.468 e. The first kappa shape index (κ1) is 18.0. The lowest BCUT2D eigenvalue weighted by Crippen LogP contribution is -2.44. The Morgan fingerprint density at radius 2 is 1.92 bits per heavy atom. The number of benzene rings is 1. The van der Waals surface area contributed by atoms with Gasteiger partial charge < -0.3 is 10.1 Å². The second-order valence-electron chi connectivity index (χ2n) is 6.42. The number of allylic oxidation sites excluding steroid dienone is 2. The average molecular weight is 382 g/mol. The molecule has 1 heterocycles. The zero-order chi connectivity index (χ0) is 18.3. The van der Waals surface area contributed by atoms with Crippen LogP contribution in [0.15, 0.2) is 29.5 Å². The predicted octanol–water partition coefficient (Wildman–Crippen LogP) is 3.25. The van der Waals surface area contributed by atoms with Gasteiger partial charge in [-0.2, -0.15) is 0 Å². The van der Waals surface area contributed by atoms with E-state index >= 15 is 0 Å². The number of halogens is 2. The van der Waals surface area contributed by atoms with Crippen molar-refractivity contribution in [2.24, 2.45) is 11.8 Å². The summed E-state index contributed by atoms with van der Waals surface area (Å²) in [5.74, 6) is -2.56. The van der Waals surface area contributed by atoms with Gasteiger partial charge in [0, 0.05) is 23.6 Å². The van der Waals surface area contributed by atoms with E-state index in [9.17, 15) is 14.4 Å². The molecule has 132 valence electrons. The van der Waals surface area contributed by atoms with Crippen LogP contribution in [0.25, 0.3) is 0 Å². The van der Waals surface area contributed by atoms with Crippen molar-refractivity contribution >= 4 is 40.9 Å². The normalized spacial score (nSPS) is 26.2. The Labute approximate surface area is 155 Å². The molecule has 0 spiro atoms. The molecule has 0 fully saturated rings. The summed E-state index contributed by atoms with van der Waals surface area (Å²) in [6.07, 6.45) is 0.551. The summed E-state index contributed by atoms with van der Waals surface area (Å²) in [6, 6.07) is 5.05. The van der Waals surface area contributed by atoms with Crippen LogP contribution in [-0.4, -0.2) is 24.8 Å². The summed E-state index contributed by atoms with van der Waals surface area (Å²) in [4.78, 5) is 37.3. The van der Waals surface area contributed by atoms with E-state index in [-0.39, 0.29) is 24.0 Å². The molecule has 0 saturated heterocycles. The van der Waals surface area contributed by atoms with Crippen molar-refractivity contribution in [2.75, 3.05) is 7.11 Å². The number of carbonyl (C=O) groups excluding carboxylic acids is 3. The van der Waals surface area contributed by atoms with Gasteiger partial charge in [0.1, 0.15) is 5.92 Å². The van der Waals surface area contributed by atoms with Crippen molar-refractivity contribution in [2.45, 2.75) is 25.7 Å². The second kappa shape index (κ2) is 6.81. The van der Waals surface area contributed by atoms with Crippen molar-refractivity contribution in [3.8, 4) is 0 Å². The minimum atomic E-state index is -0.857. The number of esters is 1. The molecular weight excluding hydrogens is 365 g/mol. The summed E-state index contributed by atoms with van der Waals surface area (Å²) in [5, 5.41) is 3.55. The van der Waals surface area contributed by atoms with Crippen molar-refractivity contribution in [3.05, 3.63) is 45.1 Å². The van der Waals surface area contributed by atoms with Gasteiger partial charge in [0.2, 0.25) is 5.91 Å². The summed E-state index contributed by atoms with van der Waals surface area (Å²) >= 11 is 12.1. The number of ketones is 1. The van der Waals surface area contributed by atoms with Gasteiger partial charge in [0.25, 0.3) is 0 Å². The van der Waals surface area contributed by atoms with Gasteiger partial charge in [0.05, 0.1) is 17.2 Å². The Bertz CT molecular complexity index is 802. The number of amides is 1. The Balaban J connectivity index is 2.08. The van der Waals surface area contributed by atoms with E-state index in [1.54, 1.807) is 25.1 Å². The van der Waals surface area contributed by atoms with Crippen molar-refractivity contribution in [3.63, 3.8) is 0 Å². The number of Topliss-reactive ketones (excluding diaryl/α,β-unsaturated/α-hetero) is 1. The number of methoxy groups -OCH3 is 1. The number of hydrogen-bond acceptors (Lipinski definition) is 4. The smallest absolute Gasteiger partial charge is 0.316 e. The third-order valence-corrected chi connectivity index (χ3v) is 5.54. The molecule has 1 aromatic rings. The minimum Gasteiger partial charge on any atom is -0.468 e. The molecule has 3 atom stereocenters. The van der Waals surface area contributed by atoms with Crippen molar-refractivity contribution in [1.29, 1.82) is 0 Å². The molecular formula is C18H17Cl2NO4. The van der Waals surface area contributed by atoms with E-state index in [2.05, 4.69) is 5.32 Å². The van der Waals surface area contributed by atoms with Crippen LogP contribution in [-0.2, 0) is 19.1 Å². The van der Waals surface area contributed by atoms with Gasteiger partial charge in [-0.05, 0) is 30.0 Å². The van der Waals surface area contributed by atoms with Crippen molar-refractivity contribution in [1.82, 2.24) is 5.32 Å². The van der Waals surface area contributed by atoms with Crippen LogP contribution in [0, 0.1) is 11.8 Å². The average Bonchev–Trinajstić information content (AvgIpc) is 2.55. The fourth-order valence-electron chi connectivity index (χ4n) is 3.61. The lowest BCUT2D eigenvalue weighted by molar-refractivity contribution is -0.151. The van der Waals surface area contributed by atoms with E-state index in [1.807, 2.05) is 0 Å². The molecule has 0 bridgehead atoms. The standard InChI is InChI=1S/C18H17Cl2NO4/c1-8-5-13-16(17(23)15(8)18(24)25-2)10(7-14(22)21-13)9-3-4-11(19)12(20)6-9/h3-4,6,8,10,15H,5,7H2,1-2H3,(H,21,22)/t8-,10+,15-/m1/s1. The molecule has 1 aliphatic carbocycles. The summed E-state index contributed by atoms with van der Waals surface area (Å²) < 4.78 is 4.80. The molecule has 0 radical (unpaired) electrons. The van der Waals surface area contributed by atoms with Crippen LogP contribution in [0.3, 0.4) is 0 Å². The molecule has 0 aromatic heterocycles. The molecule has 1 aliphatic heterocycles. The molecule has 3 rings (SSSR count). The third-order valence-electron chi connectivity index (χ3n) is 4.80. The zero-order valence-corrected chi connectivity index (χ0v) is 15.3. The number of hydrogen-bond donors (Lipinski definition) is 1. The van der Waals surface area contributed by atoms with Gasteiger partial charge >= 0.3 is 5.97 Å². The van der Waals surface area contributed by atoms with E-state index in [1.165, 1.54) is 7.11 Å². The highest BCUT2D eigenvalue weighted by molar-refractivity contribution is 6.42. The van der Waals surface area contributed by atoms with Gasteiger partial charge in [0.15, 0.2) is 5.78 Å². The number of rotatable bonds is 2. The van der Waals surface area contributed by atoms with Gasteiger partial charge in [-0.3, -0.25) is 14.4 Å². The molecule has 25 heavy (non-hydrogen) atoms. The Kier molecular flexibility index (Phi) is 4.89. The summed E-state index contributed by atoms with van der Waals surface area (Å²) in [5.41, 5.74) is 1.78. The van der Waals surface area contributed by atoms with Gasteiger partial charge in [-0.1, -0.05) is 36.2 Å². The Hall–Kier alpha value is -1.85. The molecule has 2 aliphatic rings. The zero-order valence-electron chi connectivity index (χ0n) is 13.8. The maximum atomic E-state index is 13.0. The van der Waals surface area contributed by atoms with Crippen LogP contribution in [0.2, 0.25) is 10.0 Å². The lowest BCUT2D eigenvalue weighted by atomic mass is 9.70. The van der Waals surface area contributed by atoms with Crippen LogP contribution in [0.1, 0.15) is 31.2 Å². The third kappa shape index (κ3) is 3.18. The molecule has 5 nitrogen and oxygen atoms in total. The second-order valence-corrected chi connectivity index (χ2v) is 7.23. The lowest BCUT2D eigenvalue weighted by Gasteiger charge is -2.36. The molecule has 1 aromatic carbocycles. The summed E-state index contributed by atoms with van der Waals surface area (Å²) in [6.45, 7) is 1.80. The first-order valence-electron chi connectivity index (χ1n) is 7.93. The van der Waals surface area contributed by atoms with E-state index < -0.39 is 17.8 Å². The predicted molar refractivity (Wildman–Crippen MR) is 93.3 cm³/mol. The first-order chi connectivity index (χ1) is 11.8. The molecule has 0 saturated carbocycles. The fourth-order valence-corrected chi connectivity index (χ4v) is 3.92. The van der Waals surface area contributed by atoms with Gasteiger partial charge in [-0.15, -0.1) is 0 Å². The van der Waals surface area contributed by atoms with Gasteiger partial charge in [-0.25, -0.2) is 0 Å². The van der Waals surface area contributed by atoms with Crippen molar-refractivity contribution < 1.29 is 19.1 Å². The molecule has 1 amide bonds. The quantitative estimate of drug-likeness (QED) is 0.630. The van der Waals surface area contributed by atoms with Crippen LogP contribution < -0.4 is 5.32 Å². The monoisotopic (exact) mass is 381 g/mol. The van der Waals surface area contributed by atoms with Crippen LogP contribution in [0.5, 0.6) is 0 Å². The Morgan fingerprint density at radius 1 is 1.20 bits per heavy atom.